The molecule has 1 atom stereocenters. The molecule has 0 radical (unpaired) electrons. The van der Waals surface area contributed by atoms with Gasteiger partial charge in [-0.25, -0.2) is 4.79 Å². The molecule has 0 fully saturated rings. The minimum absolute atomic E-state index is 0.132. The first kappa shape index (κ1) is 30.1. The number of pyridine rings is 1. The molecule has 0 saturated heterocycles. The van der Waals surface area contributed by atoms with Crippen molar-refractivity contribution in [2.75, 3.05) is 0 Å². The highest BCUT2D eigenvalue weighted by Crippen LogP contribution is 2.37. The summed E-state index contributed by atoms with van der Waals surface area (Å²) in [6, 6.07) is 32.8. The molecule has 5 nitrogen and oxygen atoms in total. The number of benzene rings is 3. The fourth-order valence-electron chi connectivity index (χ4n) is 4.03. The van der Waals surface area contributed by atoms with E-state index in [0.29, 0.717) is 13.0 Å². The Morgan fingerprint density at radius 3 is 1.85 bits per heavy atom. The van der Waals surface area contributed by atoms with Crippen molar-refractivity contribution < 1.29 is 14.0 Å². The lowest BCUT2D eigenvalue weighted by molar-refractivity contribution is -0.146. The lowest BCUT2D eigenvalue weighted by Gasteiger charge is -2.36. The van der Waals surface area contributed by atoms with Gasteiger partial charge < -0.3 is 9.16 Å². The second-order valence-electron chi connectivity index (χ2n) is 11.7. The van der Waals surface area contributed by atoms with Crippen LogP contribution in [0.1, 0.15) is 48.7 Å². The van der Waals surface area contributed by atoms with Gasteiger partial charge in [0.2, 0.25) is 0 Å². The molecule has 0 spiro atoms. The quantitative estimate of drug-likeness (QED) is 0.106. The van der Waals surface area contributed by atoms with Gasteiger partial charge in [0.25, 0.3) is 0 Å². The maximum absolute atomic E-state index is 13.5. The van der Waals surface area contributed by atoms with Crippen LogP contribution in [0.15, 0.2) is 114 Å². The zero-order valence-electron chi connectivity index (χ0n) is 24.7. The molecule has 0 bridgehead atoms. The van der Waals surface area contributed by atoms with Crippen molar-refractivity contribution in [3.8, 4) is 0 Å². The number of rotatable bonds is 11. The normalized spacial score (nSPS) is 12.4. The Hall–Kier alpha value is -3.87. The number of aromatic nitrogens is 1. The monoisotopic (exact) mass is 564 g/mol. The van der Waals surface area contributed by atoms with Gasteiger partial charge in [0.1, 0.15) is 6.61 Å². The number of carbonyl (C=O) groups excluding carboxylic acids is 1. The van der Waals surface area contributed by atoms with Crippen LogP contribution < -0.4 is 0 Å². The molecule has 0 amide bonds. The third kappa shape index (κ3) is 8.56. The predicted octanol–water partition coefficient (Wildman–Crippen LogP) is 7.80. The molecular weight excluding hydrogens is 524 g/mol. The van der Waals surface area contributed by atoms with Crippen LogP contribution in [0, 0.1) is 0 Å². The Balaban J connectivity index is 1.60. The molecule has 0 N–H and O–H groups in total. The maximum Gasteiger partial charge on any atom is 0.331 e. The average molecular weight is 565 g/mol. The Morgan fingerprint density at radius 2 is 1.34 bits per heavy atom. The van der Waals surface area contributed by atoms with E-state index in [4.69, 9.17) is 14.2 Å². The molecule has 212 valence electrons. The summed E-state index contributed by atoms with van der Waals surface area (Å²) in [6.07, 6.45) is 2.19. The number of hydrogen-bond donors (Lipinski definition) is 0. The molecule has 0 aliphatic carbocycles. The minimum Gasteiger partial charge on any atom is -0.459 e. The fourth-order valence-corrected chi connectivity index (χ4v) is 4.97. The van der Waals surface area contributed by atoms with Crippen LogP contribution in [-0.4, -0.2) is 31.0 Å². The SMILES string of the molecule is CC(C)(C)[Si](C)(C)OCc1ccc(C[C@H](N=C(c2ccccc2)c2ccccc2)C(=O)OCc2ccccc2)cn1. The fraction of sp³-hybridized carbons (Fsp3) is 0.286. The highest BCUT2D eigenvalue weighted by atomic mass is 28.4. The zero-order valence-corrected chi connectivity index (χ0v) is 25.7. The van der Waals surface area contributed by atoms with Crippen LogP contribution in [0.2, 0.25) is 18.1 Å². The third-order valence-corrected chi connectivity index (χ3v) is 12.1. The van der Waals surface area contributed by atoms with Crippen LogP contribution in [0.25, 0.3) is 0 Å². The molecule has 1 aromatic heterocycles. The average Bonchev–Trinajstić information content (AvgIpc) is 2.98. The van der Waals surface area contributed by atoms with E-state index < -0.39 is 14.4 Å². The van der Waals surface area contributed by atoms with Gasteiger partial charge in [-0.05, 0) is 35.3 Å². The third-order valence-electron chi connectivity index (χ3n) is 7.58. The van der Waals surface area contributed by atoms with Crippen molar-refractivity contribution in [1.82, 2.24) is 4.98 Å². The Bertz CT molecular complexity index is 1370. The topological polar surface area (TPSA) is 60.8 Å². The van der Waals surface area contributed by atoms with Crippen LogP contribution in [0.5, 0.6) is 0 Å². The zero-order chi connectivity index (χ0) is 29.3. The van der Waals surface area contributed by atoms with E-state index in [1.165, 1.54) is 0 Å². The van der Waals surface area contributed by atoms with Crippen LogP contribution in [0.4, 0.5) is 0 Å². The molecule has 3 aromatic carbocycles. The van der Waals surface area contributed by atoms with Gasteiger partial charge in [0.15, 0.2) is 14.4 Å². The highest BCUT2D eigenvalue weighted by molar-refractivity contribution is 6.74. The molecule has 6 heteroatoms. The van der Waals surface area contributed by atoms with Crippen molar-refractivity contribution in [2.45, 2.75) is 64.6 Å². The first-order valence-electron chi connectivity index (χ1n) is 14.1. The highest BCUT2D eigenvalue weighted by Gasteiger charge is 2.37. The second kappa shape index (κ2) is 13.7. The van der Waals surface area contributed by atoms with Gasteiger partial charge in [-0.2, -0.15) is 0 Å². The summed E-state index contributed by atoms with van der Waals surface area (Å²) in [4.78, 5) is 23.2. The van der Waals surface area contributed by atoms with Crippen LogP contribution in [-0.2, 0) is 33.6 Å². The van der Waals surface area contributed by atoms with Crippen molar-refractivity contribution in [1.29, 1.82) is 0 Å². The molecular formula is C35H40N2O3Si. The Kier molecular flexibility index (Phi) is 10.0. The van der Waals surface area contributed by atoms with E-state index >= 15 is 0 Å². The van der Waals surface area contributed by atoms with Crippen LogP contribution >= 0.6 is 0 Å². The van der Waals surface area contributed by atoms with Crippen molar-refractivity contribution in [3.63, 3.8) is 0 Å². The summed E-state index contributed by atoms with van der Waals surface area (Å²) >= 11 is 0. The summed E-state index contributed by atoms with van der Waals surface area (Å²) in [5.41, 5.74) is 5.35. The minimum atomic E-state index is -1.88. The number of hydrogen-bond acceptors (Lipinski definition) is 5. The summed E-state index contributed by atoms with van der Waals surface area (Å²) in [7, 11) is -1.88. The molecule has 1 heterocycles. The number of esters is 1. The van der Waals surface area contributed by atoms with Crippen molar-refractivity contribution in [3.05, 3.63) is 137 Å². The van der Waals surface area contributed by atoms with E-state index in [-0.39, 0.29) is 17.6 Å². The molecule has 0 aliphatic heterocycles. The lowest BCUT2D eigenvalue weighted by atomic mass is 10.0. The van der Waals surface area contributed by atoms with E-state index in [9.17, 15) is 4.79 Å². The van der Waals surface area contributed by atoms with E-state index in [2.05, 4.69) is 38.8 Å². The first-order valence-corrected chi connectivity index (χ1v) is 17.0. The van der Waals surface area contributed by atoms with Gasteiger partial charge in [-0.1, -0.05) is 118 Å². The van der Waals surface area contributed by atoms with E-state index in [1.807, 2.05) is 109 Å². The molecule has 0 aliphatic rings. The first-order chi connectivity index (χ1) is 19.6. The van der Waals surface area contributed by atoms with Crippen molar-refractivity contribution >= 4 is 20.0 Å². The second-order valence-corrected chi connectivity index (χ2v) is 16.5. The Morgan fingerprint density at radius 1 is 0.780 bits per heavy atom. The molecule has 4 aromatic rings. The van der Waals surface area contributed by atoms with E-state index in [1.54, 1.807) is 0 Å². The Labute approximate surface area is 245 Å². The smallest absolute Gasteiger partial charge is 0.331 e. The van der Waals surface area contributed by atoms with Gasteiger partial charge in [0.05, 0.1) is 18.0 Å². The van der Waals surface area contributed by atoms with Gasteiger partial charge in [-0.15, -0.1) is 0 Å². The standard InChI is InChI=1S/C35H40N2O3Si/c1-35(2,3)41(4,5)40-26-31-22-21-28(24-36-31)23-32(34(38)39-25-27-15-9-6-10-16-27)37-33(29-17-11-7-12-18-29)30-19-13-8-14-20-30/h6-22,24,32H,23,25-26H2,1-5H3/t32-/m0/s1. The number of aliphatic imine (C=N–C) groups is 1. The summed E-state index contributed by atoms with van der Waals surface area (Å²) in [5.74, 6) is -0.372. The maximum atomic E-state index is 13.5. The summed E-state index contributed by atoms with van der Waals surface area (Å²) in [6.45, 7) is 11.8. The van der Waals surface area contributed by atoms with Crippen LogP contribution in [0.3, 0.4) is 0 Å². The van der Waals surface area contributed by atoms with Gasteiger partial charge in [0, 0.05) is 23.7 Å². The molecule has 4 rings (SSSR count). The number of carbonyl (C=O) groups is 1. The summed E-state index contributed by atoms with van der Waals surface area (Å²) in [5, 5.41) is 0.132. The number of ether oxygens (including phenoxy) is 1. The summed E-state index contributed by atoms with van der Waals surface area (Å²) < 4.78 is 12.1. The van der Waals surface area contributed by atoms with Gasteiger partial charge >= 0.3 is 5.97 Å². The lowest BCUT2D eigenvalue weighted by Crippen LogP contribution is -2.40. The number of nitrogens with zero attached hydrogens (tertiary/aromatic N) is 2. The molecule has 0 unspecified atom stereocenters. The predicted molar refractivity (Wildman–Crippen MR) is 168 cm³/mol. The van der Waals surface area contributed by atoms with Gasteiger partial charge in [-0.3, -0.25) is 9.98 Å². The molecule has 0 saturated carbocycles. The largest absolute Gasteiger partial charge is 0.459 e. The van der Waals surface area contributed by atoms with E-state index in [0.717, 1.165) is 33.7 Å². The molecule has 41 heavy (non-hydrogen) atoms. The van der Waals surface area contributed by atoms with Crippen molar-refractivity contribution in [2.24, 2.45) is 4.99 Å².